The van der Waals surface area contributed by atoms with Crippen LogP contribution in [0.2, 0.25) is 5.15 Å². The quantitative estimate of drug-likeness (QED) is 0.789. The number of ether oxygens (including phenoxy) is 1. The summed E-state index contributed by atoms with van der Waals surface area (Å²) in [5.41, 5.74) is 0.529. The van der Waals surface area contributed by atoms with Gasteiger partial charge < -0.3 is 14.5 Å². The number of pyridine rings is 1. The lowest BCUT2D eigenvalue weighted by atomic mass is 10.2. The van der Waals surface area contributed by atoms with Crippen molar-refractivity contribution in [3.8, 4) is 5.88 Å². The van der Waals surface area contributed by atoms with Crippen molar-refractivity contribution >= 4 is 17.5 Å². The van der Waals surface area contributed by atoms with Gasteiger partial charge in [0.1, 0.15) is 5.15 Å². The lowest BCUT2D eigenvalue weighted by Gasteiger charge is -2.34. The van der Waals surface area contributed by atoms with E-state index in [-0.39, 0.29) is 11.1 Å². The van der Waals surface area contributed by atoms with Crippen LogP contribution in [-0.2, 0) is 0 Å². The van der Waals surface area contributed by atoms with Crippen molar-refractivity contribution in [2.24, 2.45) is 0 Å². The van der Waals surface area contributed by atoms with E-state index in [1.165, 1.54) is 7.11 Å². The van der Waals surface area contributed by atoms with Crippen molar-refractivity contribution in [2.75, 3.05) is 39.8 Å². The Hall–Kier alpha value is -1.33. The van der Waals surface area contributed by atoms with E-state index in [1.807, 2.05) is 4.90 Å². The Morgan fingerprint density at radius 1 is 1.37 bits per heavy atom. The highest BCUT2D eigenvalue weighted by Gasteiger charge is 2.22. The molecule has 0 radical (unpaired) electrons. The van der Waals surface area contributed by atoms with Gasteiger partial charge in [-0.15, -0.1) is 0 Å². The number of likely N-dealkylation sites (N-methyl/N-ethyl adjacent to an activating group) is 1. The van der Waals surface area contributed by atoms with Crippen molar-refractivity contribution in [3.05, 3.63) is 22.8 Å². The van der Waals surface area contributed by atoms with E-state index in [2.05, 4.69) is 16.8 Å². The molecule has 2 rings (SSSR count). The summed E-state index contributed by atoms with van der Waals surface area (Å²) in [7, 11) is 1.51. The Labute approximate surface area is 118 Å². The molecule has 0 saturated carbocycles. The minimum atomic E-state index is -0.0154. The molecule has 0 spiro atoms. The van der Waals surface area contributed by atoms with Crippen LogP contribution in [0.15, 0.2) is 12.1 Å². The molecule has 6 heteroatoms. The number of hydrogen-bond acceptors (Lipinski definition) is 4. The lowest BCUT2D eigenvalue weighted by Crippen LogP contribution is -2.48. The summed E-state index contributed by atoms with van der Waals surface area (Å²) in [6, 6.07) is 3.21. The SMILES string of the molecule is CCN1CCN(C(=O)c2cc(Cl)nc(OC)c2)CC1. The average molecular weight is 284 g/mol. The van der Waals surface area contributed by atoms with Gasteiger partial charge >= 0.3 is 0 Å². The molecule has 104 valence electrons. The fraction of sp³-hybridized carbons (Fsp3) is 0.538. The molecular weight excluding hydrogens is 266 g/mol. The second-order valence-corrected chi connectivity index (χ2v) is 4.83. The Kier molecular flexibility index (Phi) is 4.61. The lowest BCUT2D eigenvalue weighted by molar-refractivity contribution is 0.0643. The van der Waals surface area contributed by atoms with Gasteiger partial charge in [-0.3, -0.25) is 4.79 Å². The predicted molar refractivity (Wildman–Crippen MR) is 73.8 cm³/mol. The van der Waals surface area contributed by atoms with E-state index in [9.17, 15) is 4.79 Å². The van der Waals surface area contributed by atoms with E-state index in [1.54, 1.807) is 12.1 Å². The largest absolute Gasteiger partial charge is 0.481 e. The first kappa shape index (κ1) is 14.1. The third kappa shape index (κ3) is 3.36. The molecule has 0 aliphatic carbocycles. The maximum Gasteiger partial charge on any atom is 0.254 e. The molecule has 1 amide bonds. The number of nitrogens with zero attached hydrogens (tertiary/aromatic N) is 3. The van der Waals surface area contributed by atoms with Crippen LogP contribution in [-0.4, -0.2) is 60.5 Å². The molecule has 19 heavy (non-hydrogen) atoms. The zero-order chi connectivity index (χ0) is 13.8. The highest BCUT2D eigenvalue weighted by molar-refractivity contribution is 6.29. The highest BCUT2D eigenvalue weighted by Crippen LogP contribution is 2.18. The number of halogens is 1. The minimum Gasteiger partial charge on any atom is -0.481 e. The first-order chi connectivity index (χ1) is 9.13. The van der Waals surface area contributed by atoms with E-state index in [0.29, 0.717) is 11.4 Å². The van der Waals surface area contributed by atoms with E-state index >= 15 is 0 Å². The number of rotatable bonds is 3. The number of amides is 1. The molecule has 1 aliphatic heterocycles. The molecule has 0 atom stereocenters. The van der Waals surface area contributed by atoms with Crippen LogP contribution in [0.4, 0.5) is 0 Å². The smallest absolute Gasteiger partial charge is 0.254 e. The van der Waals surface area contributed by atoms with Crippen LogP contribution in [0.5, 0.6) is 5.88 Å². The first-order valence-electron chi connectivity index (χ1n) is 6.37. The van der Waals surface area contributed by atoms with Crippen LogP contribution in [0, 0.1) is 0 Å². The standard InChI is InChI=1S/C13H18ClN3O2/c1-3-16-4-6-17(7-5-16)13(18)10-8-11(14)15-12(9-10)19-2/h8-9H,3-7H2,1-2H3. The first-order valence-corrected chi connectivity index (χ1v) is 6.75. The number of carbonyl (C=O) groups excluding carboxylic acids is 1. The number of piperazine rings is 1. The molecule has 1 aromatic heterocycles. The number of hydrogen-bond donors (Lipinski definition) is 0. The maximum absolute atomic E-state index is 12.4. The topological polar surface area (TPSA) is 45.7 Å². The van der Waals surface area contributed by atoms with Gasteiger partial charge in [0.15, 0.2) is 0 Å². The molecule has 2 heterocycles. The van der Waals surface area contributed by atoms with Crippen molar-refractivity contribution < 1.29 is 9.53 Å². The summed E-state index contributed by atoms with van der Waals surface area (Å²) in [5.74, 6) is 0.349. The summed E-state index contributed by atoms with van der Waals surface area (Å²) >= 11 is 5.89. The third-order valence-corrected chi connectivity index (χ3v) is 3.53. The summed E-state index contributed by atoms with van der Waals surface area (Å²) in [6.07, 6.45) is 0. The van der Waals surface area contributed by atoms with Gasteiger partial charge in [0.05, 0.1) is 7.11 Å². The summed E-state index contributed by atoms with van der Waals surface area (Å²) in [5, 5.41) is 0.273. The molecule has 1 saturated heterocycles. The van der Waals surface area contributed by atoms with Gasteiger partial charge in [-0.05, 0) is 12.6 Å². The molecule has 5 nitrogen and oxygen atoms in total. The van der Waals surface area contributed by atoms with Crippen molar-refractivity contribution in [1.29, 1.82) is 0 Å². The van der Waals surface area contributed by atoms with Gasteiger partial charge in [0.2, 0.25) is 5.88 Å². The molecule has 1 fully saturated rings. The van der Waals surface area contributed by atoms with Crippen LogP contribution in [0.1, 0.15) is 17.3 Å². The molecular formula is C13H18ClN3O2. The average Bonchev–Trinajstić information content (AvgIpc) is 2.46. The van der Waals surface area contributed by atoms with Crippen LogP contribution in [0.3, 0.4) is 0 Å². The second kappa shape index (κ2) is 6.21. The molecule has 1 aliphatic rings. The van der Waals surface area contributed by atoms with Crippen LogP contribution < -0.4 is 4.74 Å². The normalized spacial score (nSPS) is 16.5. The molecule has 1 aromatic rings. The van der Waals surface area contributed by atoms with Gasteiger partial charge in [-0.2, -0.15) is 0 Å². The zero-order valence-corrected chi connectivity index (χ0v) is 12.0. The zero-order valence-electron chi connectivity index (χ0n) is 11.2. The number of carbonyl (C=O) groups is 1. The van der Waals surface area contributed by atoms with Gasteiger partial charge in [-0.1, -0.05) is 18.5 Å². The Bertz CT molecular complexity index is 459. The Balaban J connectivity index is 2.09. The van der Waals surface area contributed by atoms with E-state index < -0.39 is 0 Å². The molecule has 0 aromatic carbocycles. The predicted octanol–water partition coefficient (Wildman–Crippen LogP) is 1.52. The summed E-state index contributed by atoms with van der Waals surface area (Å²) in [6.45, 7) is 6.47. The van der Waals surface area contributed by atoms with Gasteiger partial charge in [-0.25, -0.2) is 4.98 Å². The highest BCUT2D eigenvalue weighted by atomic mass is 35.5. The van der Waals surface area contributed by atoms with Gasteiger partial charge in [0.25, 0.3) is 5.91 Å². The van der Waals surface area contributed by atoms with Crippen molar-refractivity contribution in [3.63, 3.8) is 0 Å². The number of methoxy groups -OCH3 is 1. The Morgan fingerprint density at radius 3 is 2.63 bits per heavy atom. The summed E-state index contributed by atoms with van der Waals surface area (Å²) < 4.78 is 5.03. The maximum atomic E-state index is 12.4. The molecule has 0 bridgehead atoms. The second-order valence-electron chi connectivity index (χ2n) is 4.45. The van der Waals surface area contributed by atoms with Crippen molar-refractivity contribution in [2.45, 2.75) is 6.92 Å². The Morgan fingerprint density at radius 2 is 2.05 bits per heavy atom. The van der Waals surface area contributed by atoms with Crippen LogP contribution in [0.25, 0.3) is 0 Å². The fourth-order valence-electron chi connectivity index (χ4n) is 2.15. The fourth-order valence-corrected chi connectivity index (χ4v) is 2.35. The minimum absolute atomic E-state index is 0.0154. The molecule has 0 unspecified atom stereocenters. The summed E-state index contributed by atoms with van der Waals surface area (Å²) in [4.78, 5) is 20.5. The molecule has 0 N–H and O–H groups in total. The van der Waals surface area contributed by atoms with E-state index in [4.69, 9.17) is 16.3 Å². The number of aromatic nitrogens is 1. The van der Waals surface area contributed by atoms with Crippen LogP contribution >= 0.6 is 11.6 Å². The monoisotopic (exact) mass is 283 g/mol. The van der Waals surface area contributed by atoms with Gasteiger partial charge in [0, 0.05) is 37.8 Å². The third-order valence-electron chi connectivity index (χ3n) is 3.33. The van der Waals surface area contributed by atoms with Crippen molar-refractivity contribution in [1.82, 2.24) is 14.8 Å². The van der Waals surface area contributed by atoms with E-state index in [0.717, 1.165) is 32.7 Å².